The van der Waals surface area contributed by atoms with Gasteiger partial charge in [0.2, 0.25) is 0 Å². The molecule has 3 rings (SSSR count). The lowest BCUT2D eigenvalue weighted by Gasteiger charge is -2.09. The number of benzene rings is 1. The van der Waals surface area contributed by atoms with Crippen molar-refractivity contribution in [1.29, 1.82) is 0 Å². The van der Waals surface area contributed by atoms with Crippen LogP contribution in [0.15, 0.2) is 24.4 Å². The lowest BCUT2D eigenvalue weighted by Crippen LogP contribution is -2.01. The smallest absolute Gasteiger partial charge is 0.130 e. The maximum atomic E-state index is 3.82. The number of anilines is 2. The standard InChI is InChI=1S/C11H12N4S/c1-2-8-4-5-12-11(8)9(3-1)6-13-10-7-14-15-16-10/h1-3,7,12-13H,4-6H2. The van der Waals surface area contributed by atoms with Crippen LogP contribution in [-0.4, -0.2) is 16.1 Å². The molecule has 0 saturated carbocycles. The van der Waals surface area contributed by atoms with Crippen LogP contribution in [0.2, 0.25) is 0 Å². The largest absolute Gasteiger partial charge is 0.384 e. The highest BCUT2D eigenvalue weighted by atomic mass is 32.1. The van der Waals surface area contributed by atoms with Crippen molar-refractivity contribution in [3.05, 3.63) is 35.5 Å². The van der Waals surface area contributed by atoms with E-state index >= 15 is 0 Å². The number of aromatic nitrogens is 2. The van der Waals surface area contributed by atoms with Gasteiger partial charge in [0, 0.05) is 30.3 Å². The second kappa shape index (κ2) is 4.09. The summed E-state index contributed by atoms with van der Waals surface area (Å²) in [5, 5.41) is 11.6. The van der Waals surface area contributed by atoms with Gasteiger partial charge in [-0.1, -0.05) is 22.7 Å². The zero-order valence-corrected chi connectivity index (χ0v) is 9.55. The highest BCUT2D eigenvalue weighted by Crippen LogP contribution is 2.27. The van der Waals surface area contributed by atoms with Crippen molar-refractivity contribution in [2.45, 2.75) is 13.0 Å². The molecule has 0 fully saturated rings. The van der Waals surface area contributed by atoms with Gasteiger partial charge in [0.1, 0.15) is 5.00 Å². The van der Waals surface area contributed by atoms with Gasteiger partial charge in [-0.15, -0.1) is 5.10 Å². The molecule has 0 bridgehead atoms. The van der Waals surface area contributed by atoms with E-state index in [4.69, 9.17) is 0 Å². The lowest BCUT2D eigenvalue weighted by atomic mass is 10.1. The molecule has 0 unspecified atom stereocenters. The summed E-state index contributed by atoms with van der Waals surface area (Å²) in [6, 6.07) is 6.46. The molecule has 0 saturated heterocycles. The van der Waals surface area contributed by atoms with E-state index in [9.17, 15) is 0 Å². The van der Waals surface area contributed by atoms with E-state index in [1.54, 1.807) is 6.20 Å². The summed E-state index contributed by atoms with van der Waals surface area (Å²) in [5.41, 5.74) is 4.03. The molecule has 16 heavy (non-hydrogen) atoms. The van der Waals surface area contributed by atoms with Crippen LogP contribution < -0.4 is 10.6 Å². The number of fused-ring (bicyclic) bond motifs is 1. The number of para-hydroxylation sites is 1. The third kappa shape index (κ3) is 1.74. The van der Waals surface area contributed by atoms with Gasteiger partial charge in [0.15, 0.2) is 0 Å². The Morgan fingerprint density at radius 3 is 3.31 bits per heavy atom. The number of hydrogen-bond acceptors (Lipinski definition) is 5. The zero-order chi connectivity index (χ0) is 10.8. The first-order valence-corrected chi connectivity index (χ1v) is 6.07. The molecule has 5 heteroatoms. The quantitative estimate of drug-likeness (QED) is 0.851. The van der Waals surface area contributed by atoms with Crippen LogP contribution in [-0.2, 0) is 13.0 Å². The number of nitrogens with one attached hydrogen (secondary N) is 2. The zero-order valence-electron chi connectivity index (χ0n) is 8.73. The molecule has 0 amide bonds. The van der Waals surface area contributed by atoms with Gasteiger partial charge >= 0.3 is 0 Å². The molecule has 2 aromatic rings. The second-order valence-electron chi connectivity index (χ2n) is 3.76. The van der Waals surface area contributed by atoms with Crippen LogP contribution in [0.1, 0.15) is 11.1 Å². The van der Waals surface area contributed by atoms with E-state index in [2.05, 4.69) is 38.4 Å². The average Bonchev–Trinajstić information content (AvgIpc) is 2.97. The number of hydrogen-bond donors (Lipinski definition) is 2. The summed E-state index contributed by atoms with van der Waals surface area (Å²) in [5.74, 6) is 0. The normalized spacial score (nSPS) is 13.2. The summed E-state index contributed by atoms with van der Waals surface area (Å²) in [7, 11) is 0. The van der Waals surface area contributed by atoms with Gasteiger partial charge in [-0.3, -0.25) is 0 Å². The molecule has 1 aromatic heterocycles. The van der Waals surface area contributed by atoms with E-state index in [0.717, 1.165) is 24.5 Å². The third-order valence-electron chi connectivity index (χ3n) is 2.75. The Kier molecular flexibility index (Phi) is 2.46. The fourth-order valence-electron chi connectivity index (χ4n) is 1.99. The van der Waals surface area contributed by atoms with Crippen LogP contribution >= 0.6 is 11.5 Å². The summed E-state index contributed by atoms with van der Waals surface area (Å²) in [4.78, 5) is 0. The van der Waals surface area contributed by atoms with Crippen LogP contribution in [0.4, 0.5) is 10.7 Å². The maximum absolute atomic E-state index is 3.82. The first-order valence-electron chi connectivity index (χ1n) is 5.29. The van der Waals surface area contributed by atoms with Gasteiger partial charge in [0.05, 0.1) is 6.20 Å². The first-order chi connectivity index (χ1) is 7.93. The Morgan fingerprint density at radius 1 is 1.44 bits per heavy atom. The van der Waals surface area contributed by atoms with E-state index in [1.165, 1.54) is 28.3 Å². The monoisotopic (exact) mass is 232 g/mol. The average molecular weight is 232 g/mol. The summed E-state index contributed by atoms with van der Waals surface area (Å²) < 4.78 is 3.82. The minimum absolute atomic E-state index is 0.819. The van der Waals surface area contributed by atoms with E-state index in [1.807, 2.05) is 0 Å². The molecule has 2 N–H and O–H groups in total. The van der Waals surface area contributed by atoms with Crippen LogP contribution in [0.5, 0.6) is 0 Å². The van der Waals surface area contributed by atoms with E-state index in [-0.39, 0.29) is 0 Å². The van der Waals surface area contributed by atoms with Gasteiger partial charge < -0.3 is 10.6 Å². The fourth-order valence-corrected chi connectivity index (χ4v) is 2.40. The number of nitrogens with zero attached hydrogens (tertiary/aromatic N) is 2. The van der Waals surface area contributed by atoms with Gasteiger partial charge in [-0.05, 0) is 17.5 Å². The van der Waals surface area contributed by atoms with Gasteiger partial charge in [-0.25, -0.2) is 0 Å². The highest BCUT2D eigenvalue weighted by molar-refractivity contribution is 7.09. The predicted octanol–water partition coefficient (Wildman–Crippen LogP) is 2.12. The van der Waals surface area contributed by atoms with Crippen LogP contribution in [0.25, 0.3) is 0 Å². The number of rotatable bonds is 3. The summed E-state index contributed by atoms with van der Waals surface area (Å²) in [6.45, 7) is 1.87. The van der Waals surface area contributed by atoms with E-state index in [0.29, 0.717) is 0 Å². The van der Waals surface area contributed by atoms with E-state index < -0.39 is 0 Å². The molecule has 4 nitrogen and oxygen atoms in total. The second-order valence-corrected chi connectivity index (χ2v) is 4.55. The molecule has 0 radical (unpaired) electrons. The van der Waals surface area contributed by atoms with Crippen molar-refractivity contribution in [2.75, 3.05) is 17.2 Å². The van der Waals surface area contributed by atoms with Crippen LogP contribution in [0, 0.1) is 0 Å². The van der Waals surface area contributed by atoms with Gasteiger partial charge in [-0.2, -0.15) is 0 Å². The van der Waals surface area contributed by atoms with Crippen molar-refractivity contribution in [2.24, 2.45) is 0 Å². The Balaban J connectivity index is 1.78. The minimum Gasteiger partial charge on any atom is -0.384 e. The van der Waals surface area contributed by atoms with Crippen molar-refractivity contribution in [3.8, 4) is 0 Å². The Morgan fingerprint density at radius 2 is 2.44 bits per heavy atom. The maximum Gasteiger partial charge on any atom is 0.130 e. The molecular formula is C11H12N4S. The molecule has 1 aliphatic heterocycles. The first kappa shape index (κ1) is 9.59. The van der Waals surface area contributed by atoms with Crippen molar-refractivity contribution >= 4 is 22.2 Å². The van der Waals surface area contributed by atoms with Crippen molar-refractivity contribution in [1.82, 2.24) is 9.59 Å². The SMILES string of the molecule is c1cc2c(c(CNc3cnns3)c1)NCC2. The van der Waals surface area contributed by atoms with Crippen molar-refractivity contribution < 1.29 is 0 Å². The topological polar surface area (TPSA) is 49.8 Å². The highest BCUT2D eigenvalue weighted by Gasteiger charge is 2.13. The molecule has 1 aliphatic rings. The molecule has 82 valence electrons. The fraction of sp³-hybridized carbons (Fsp3) is 0.273. The molecule has 2 heterocycles. The molecule has 0 atom stereocenters. The van der Waals surface area contributed by atoms with Gasteiger partial charge in [0.25, 0.3) is 0 Å². The lowest BCUT2D eigenvalue weighted by molar-refractivity contribution is 1.11. The minimum atomic E-state index is 0.819. The molecule has 0 spiro atoms. The Bertz CT molecular complexity index is 481. The summed E-state index contributed by atoms with van der Waals surface area (Å²) in [6.07, 6.45) is 2.88. The predicted molar refractivity (Wildman–Crippen MR) is 65.9 cm³/mol. The Labute approximate surface area is 97.9 Å². The third-order valence-corrected chi connectivity index (χ3v) is 3.37. The Hall–Kier alpha value is -1.62. The molecule has 0 aliphatic carbocycles. The molecule has 1 aromatic carbocycles. The van der Waals surface area contributed by atoms with Crippen LogP contribution in [0.3, 0.4) is 0 Å². The summed E-state index contributed by atoms with van der Waals surface area (Å²) >= 11 is 1.38. The molecular weight excluding hydrogens is 220 g/mol. The van der Waals surface area contributed by atoms with Crippen molar-refractivity contribution in [3.63, 3.8) is 0 Å².